The van der Waals surface area contributed by atoms with Crippen LogP contribution in [0.4, 0.5) is 5.69 Å². The lowest BCUT2D eigenvalue weighted by Gasteiger charge is -2.23. The van der Waals surface area contributed by atoms with E-state index in [0.29, 0.717) is 5.69 Å². The number of carbonyl (C=O) groups is 4. The molecule has 0 spiro atoms. The van der Waals surface area contributed by atoms with E-state index in [2.05, 4.69) is 21.2 Å². The van der Waals surface area contributed by atoms with Gasteiger partial charge in [-0.2, -0.15) is 0 Å². The first kappa shape index (κ1) is 20.8. The number of ether oxygens (including phenoxy) is 1. The van der Waals surface area contributed by atoms with Crippen LogP contribution in [0.15, 0.2) is 28.8 Å². The Bertz CT molecular complexity index is 958. The highest BCUT2D eigenvalue weighted by molar-refractivity contribution is 9.10. The Kier molecular flexibility index (Phi) is 5.30. The molecule has 30 heavy (non-hydrogen) atoms. The maximum absolute atomic E-state index is 12.8. The third-order valence-corrected chi connectivity index (χ3v) is 7.21. The molecule has 1 saturated carbocycles. The van der Waals surface area contributed by atoms with Gasteiger partial charge in [0.2, 0.25) is 11.8 Å². The average molecular weight is 475 g/mol. The zero-order valence-corrected chi connectivity index (χ0v) is 18.6. The number of fused-ring (bicyclic) bond motifs is 5. The summed E-state index contributed by atoms with van der Waals surface area (Å²) in [6.07, 6.45) is 4.83. The van der Waals surface area contributed by atoms with E-state index in [4.69, 9.17) is 4.74 Å². The number of nitrogens with one attached hydrogen (secondary N) is 1. The van der Waals surface area contributed by atoms with Gasteiger partial charge in [0.15, 0.2) is 6.61 Å². The highest BCUT2D eigenvalue weighted by atomic mass is 79.9. The Balaban J connectivity index is 1.35. The second-order valence-electron chi connectivity index (χ2n) is 8.29. The molecule has 1 aromatic rings. The molecule has 1 heterocycles. The van der Waals surface area contributed by atoms with Crippen LogP contribution < -0.4 is 5.32 Å². The summed E-state index contributed by atoms with van der Waals surface area (Å²) in [5, 5.41) is 2.72. The summed E-state index contributed by atoms with van der Waals surface area (Å²) in [5.74, 6) is -2.45. The number of aryl methyl sites for hydroxylation is 2. The van der Waals surface area contributed by atoms with Gasteiger partial charge in [0, 0.05) is 10.2 Å². The number of anilines is 1. The van der Waals surface area contributed by atoms with Crippen molar-refractivity contribution in [3.05, 3.63) is 39.9 Å². The minimum absolute atomic E-state index is 0.0769. The SMILES string of the molecule is Cc1cc(NC(=O)COC(=O)[C@H](C)N2C(=O)[C@H]3[C@H](C2=O)[C@H]2C=C[C@H]3C2)c(C)cc1Br. The van der Waals surface area contributed by atoms with Crippen LogP contribution in [0.1, 0.15) is 24.5 Å². The predicted octanol–water partition coefficient (Wildman–Crippen LogP) is 2.74. The van der Waals surface area contributed by atoms with Gasteiger partial charge in [0.25, 0.3) is 5.91 Å². The van der Waals surface area contributed by atoms with Crippen molar-refractivity contribution in [3.8, 4) is 0 Å². The van der Waals surface area contributed by atoms with Crippen molar-refractivity contribution < 1.29 is 23.9 Å². The van der Waals surface area contributed by atoms with E-state index in [1.807, 2.05) is 38.1 Å². The summed E-state index contributed by atoms with van der Waals surface area (Å²) in [6.45, 7) is 4.74. The molecule has 2 bridgehead atoms. The fourth-order valence-electron chi connectivity index (χ4n) is 4.77. The van der Waals surface area contributed by atoms with Gasteiger partial charge in [0.1, 0.15) is 6.04 Å². The van der Waals surface area contributed by atoms with Crippen LogP contribution >= 0.6 is 15.9 Å². The molecule has 0 unspecified atom stereocenters. The fourth-order valence-corrected chi connectivity index (χ4v) is 5.23. The maximum Gasteiger partial charge on any atom is 0.329 e. The normalized spacial score (nSPS) is 27.4. The van der Waals surface area contributed by atoms with E-state index in [9.17, 15) is 19.2 Å². The van der Waals surface area contributed by atoms with Gasteiger partial charge in [-0.15, -0.1) is 0 Å². The summed E-state index contributed by atoms with van der Waals surface area (Å²) >= 11 is 3.44. The lowest BCUT2D eigenvalue weighted by atomic mass is 9.85. The Morgan fingerprint density at radius 3 is 2.33 bits per heavy atom. The topological polar surface area (TPSA) is 92.8 Å². The number of allylic oxidation sites excluding steroid dienone is 2. The molecule has 5 atom stereocenters. The van der Waals surface area contributed by atoms with Crippen LogP contribution in [0.5, 0.6) is 0 Å². The summed E-state index contributed by atoms with van der Waals surface area (Å²) < 4.78 is 6.05. The molecule has 4 rings (SSSR count). The molecular formula is C22H23BrN2O5. The molecule has 0 radical (unpaired) electrons. The molecule has 0 aromatic heterocycles. The van der Waals surface area contributed by atoms with E-state index in [1.165, 1.54) is 6.92 Å². The predicted molar refractivity (Wildman–Crippen MR) is 112 cm³/mol. The Morgan fingerprint density at radius 2 is 1.73 bits per heavy atom. The quantitative estimate of drug-likeness (QED) is 0.402. The highest BCUT2D eigenvalue weighted by Gasteiger charge is 2.60. The van der Waals surface area contributed by atoms with Crippen molar-refractivity contribution in [3.63, 3.8) is 0 Å². The van der Waals surface area contributed by atoms with Crippen LogP contribution in [-0.2, 0) is 23.9 Å². The van der Waals surface area contributed by atoms with Crippen molar-refractivity contribution in [1.82, 2.24) is 4.90 Å². The first-order chi connectivity index (χ1) is 14.2. The van der Waals surface area contributed by atoms with Gasteiger partial charge in [-0.25, -0.2) is 4.79 Å². The number of likely N-dealkylation sites (tertiary alicyclic amines) is 1. The number of halogens is 1. The Morgan fingerprint density at radius 1 is 1.13 bits per heavy atom. The maximum atomic E-state index is 12.8. The number of hydrogen-bond acceptors (Lipinski definition) is 5. The van der Waals surface area contributed by atoms with Gasteiger partial charge in [-0.1, -0.05) is 28.1 Å². The number of rotatable bonds is 5. The van der Waals surface area contributed by atoms with E-state index in [0.717, 1.165) is 26.9 Å². The van der Waals surface area contributed by atoms with E-state index in [1.54, 1.807) is 0 Å². The second-order valence-corrected chi connectivity index (χ2v) is 9.15. The van der Waals surface area contributed by atoms with Crippen molar-refractivity contribution in [2.24, 2.45) is 23.7 Å². The van der Waals surface area contributed by atoms with Crippen LogP contribution in [0, 0.1) is 37.5 Å². The number of esters is 1. The van der Waals surface area contributed by atoms with Crippen LogP contribution in [0.2, 0.25) is 0 Å². The molecule has 1 saturated heterocycles. The first-order valence-corrected chi connectivity index (χ1v) is 10.8. The van der Waals surface area contributed by atoms with Crippen molar-refractivity contribution in [2.45, 2.75) is 33.2 Å². The molecule has 158 valence electrons. The first-order valence-electron chi connectivity index (χ1n) is 9.97. The number of imide groups is 1. The molecule has 2 aliphatic carbocycles. The molecular weight excluding hydrogens is 452 g/mol. The minimum atomic E-state index is -1.06. The third kappa shape index (κ3) is 3.37. The zero-order chi connectivity index (χ0) is 21.7. The second kappa shape index (κ2) is 7.65. The van der Waals surface area contributed by atoms with E-state index in [-0.39, 0.29) is 35.5 Å². The lowest BCUT2D eigenvalue weighted by molar-refractivity contribution is -0.159. The fraction of sp³-hybridized carbons (Fsp3) is 0.455. The molecule has 7 nitrogen and oxygen atoms in total. The summed E-state index contributed by atoms with van der Waals surface area (Å²) in [7, 11) is 0. The van der Waals surface area contributed by atoms with Crippen molar-refractivity contribution in [2.75, 3.05) is 11.9 Å². The van der Waals surface area contributed by atoms with Crippen molar-refractivity contribution >= 4 is 45.3 Å². The highest BCUT2D eigenvalue weighted by Crippen LogP contribution is 2.52. The number of amides is 3. The number of carbonyl (C=O) groups excluding carboxylic acids is 4. The largest absolute Gasteiger partial charge is 0.454 e. The monoisotopic (exact) mass is 474 g/mol. The zero-order valence-electron chi connectivity index (χ0n) is 17.0. The van der Waals surface area contributed by atoms with E-state index < -0.39 is 24.5 Å². The van der Waals surface area contributed by atoms with Gasteiger partial charge in [-0.3, -0.25) is 19.3 Å². The van der Waals surface area contributed by atoms with Gasteiger partial charge in [0.05, 0.1) is 11.8 Å². The standard InChI is InChI=1S/C22H23BrN2O5/c1-10-7-16(11(2)6-15(10)23)24-17(26)9-30-22(29)12(3)25-20(27)18-13-4-5-14(8-13)19(18)21(25)28/h4-7,12-14,18-19H,8-9H2,1-3H3,(H,24,26)/t12-,13-,14-,18+,19+/m0/s1. The molecule has 3 amide bonds. The average Bonchev–Trinajstić information content (AvgIpc) is 3.37. The smallest absolute Gasteiger partial charge is 0.329 e. The lowest BCUT2D eigenvalue weighted by Crippen LogP contribution is -2.45. The van der Waals surface area contributed by atoms with Crippen LogP contribution in [0.25, 0.3) is 0 Å². The number of nitrogens with zero attached hydrogens (tertiary/aromatic N) is 1. The van der Waals surface area contributed by atoms with Crippen LogP contribution in [-0.4, -0.2) is 41.2 Å². The summed E-state index contributed by atoms with van der Waals surface area (Å²) in [6, 6.07) is 2.66. The molecule has 1 aromatic carbocycles. The molecule has 8 heteroatoms. The summed E-state index contributed by atoms with van der Waals surface area (Å²) in [4.78, 5) is 51.3. The Hall–Kier alpha value is -2.48. The number of hydrogen-bond donors (Lipinski definition) is 1. The number of benzene rings is 1. The molecule has 1 aliphatic heterocycles. The molecule has 3 aliphatic rings. The van der Waals surface area contributed by atoms with Gasteiger partial charge < -0.3 is 10.1 Å². The van der Waals surface area contributed by atoms with Gasteiger partial charge in [-0.05, 0) is 62.3 Å². The summed E-state index contributed by atoms with van der Waals surface area (Å²) in [5.41, 5.74) is 2.45. The third-order valence-electron chi connectivity index (χ3n) is 6.36. The van der Waals surface area contributed by atoms with E-state index >= 15 is 0 Å². The van der Waals surface area contributed by atoms with Crippen molar-refractivity contribution in [1.29, 1.82) is 0 Å². The molecule has 1 N–H and O–H groups in total. The van der Waals surface area contributed by atoms with Crippen LogP contribution in [0.3, 0.4) is 0 Å². The van der Waals surface area contributed by atoms with Gasteiger partial charge >= 0.3 is 5.97 Å². The molecule has 2 fully saturated rings. The Labute approximate surface area is 183 Å². The minimum Gasteiger partial charge on any atom is -0.454 e.